The number of nitrogens with zero attached hydrogens (tertiary/aromatic N) is 1. The van der Waals surface area contributed by atoms with E-state index in [9.17, 15) is 9.59 Å². The smallest absolute Gasteiger partial charge is 0.247 e. The molecule has 2 aromatic rings. The van der Waals surface area contributed by atoms with Crippen molar-refractivity contribution in [1.29, 1.82) is 0 Å². The van der Waals surface area contributed by atoms with Crippen molar-refractivity contribution in [2.45, 2.75) is 19.9 Å². The molecule has 110 valence electrons. The molecule has 0 saturated carbocycles. The van der Waals surface area contributed by atoms with Gasteiger partial charge in [-0.05, 0) is 19.1 Å². The molecule has 1 aromatic carbocycles. The Balaban J connectivity index is 2.28. The molecule has 0 bridgehead atoms. The molecule has 1 unspecified atom stereocenters. The van der Waals surface area contributed by atoms with Crippen molar-refractivity contribution >= 4 is 41.0 Å². The second-order valence-corrected chi connectivity index (χ2v) is 5.12. The molecule has 1 heterocycles. The number of carbonyl (C=O) groups excluding carboxylic acids is 2. The second kappa shape index (κ2) is 6.58. The summed E-state index contributed by atoms with van der Waals surface area (Å²) >= 11 is 4.09. The first kappa shape index (κ1) is 15.3. The number of aromatic nitrogens is 1. The van der Waals surface area contributed by atoms with E-state index in [1.807, 2.05) is 31.2 Å². The van der Waals surface area contributed by atoms with Crippen LogP contribution in [-0.2, 0) is 9.59 Å². The Morgan fingerprint density at radius 1 is 1.29 bits per heavy atom. The van der Waals surface area contributed by atoms with Crippen molar-refractivity contribution in [3.05, 3.63) is 36.0 Å². The molecule has 21 heavy (non-hydrogen) atoms. The van der Waals surface area contributed by atoms with Gasteiger partial charge in [0.25, 0.3) is 0 Å². The van der Waals surface area contributed by atoms with Gasteiger partial charge in [0.15, 0.2) is 0 Å². The Morgan fingerprint density at radius 2 is 2.05 bits per heavy atom. The zero-order chi connectivity index (χ0) is 15.4. The summed E-state index contributed by atoms with van der Waals surface area (Å²) in [5.74, 6) is -0.352. The third-order valence-electron chi connectivity index (χ3n) is 2.99. The highest BCUT2D eigenvalue weighted by molar-refractivity contribution is 7.80. The lowest BCUT2D eigenvalue weighted by Crippen LogP contribution is -2.44. The van der Waals surface area contributed by atoms with Gasteiger partial charge >= 0.3 is 0 Å². The summed E-state index contributed by atoms with van der Waals surface area (Å²) < 4.78 is 0. The van der Waals surface area contributed by atoms with Crippen molar-refractivity contribution in [1.82, 2.24) is 10.3 Å². The number of anilines is 1. The summed E-state index contributed by atoms with van der Waals surface area (Å²) in [6, 6.07) is 8.77. The van der Waals surface area contributed by atoms with Gasteiger partial charge in [-0.1, -0.05) is 18.2 Å². The zero-order valence-corrected chi connectivity index (χ0v) is 12.8. The van der Waals surface area contributed by atoms with Gasteiger partial charge in [0, 0.05) is 23.8 Å². The van der Waals surface area contributed by atoms with Gasteiger partial charge in [0.05, 0.1) is 11.2 Å². The first-order valence-corrected chi connectivity index (χ1v) is 7.19. The van der Waals surface area contributed by atoms with E-state index < -0.39 is 6.04 Å². The van der Waals surface area contributed by atoms with Crippen molar-refractivity contribution < 1.29 is 9.59 Å². The van der Waals surface area contributed by atoms with Crippen LogP contribution < -0.4 is 10.6 Å². The van der Waals surface area contributed by atoms with Crippen LogP contribution >= 0.6 is 12.6 Å². The van der Waals surface area contributed by atoms with Crippen molar-refractivity contribution in [3.63, 3.8) is 0 Å². The maximum absolute atomic E-state index is 12.2. The van der Waals surface area contributed by atoms with Crippen LogP contribution in [0.15, 0.2) is 30.3 Å². The minimum Gasteiger partial charge on any atom is -0.344 e. The van der Waals surface area contributed by atoms with E-state index in [0.717, 1.165) is 16.6 Å². The zero-order valence-electron chi connectivity index (χ0n) is 11.9. The summed E-state index contributed by atoms with van der Waals surface area (Å²) in [4.78, 5) is 27.7. The van der Waals surface area contributed by atoms with E-state index in [0.29, 0.717) is 5.69 Å². The number of aryl methyl sites for hydroxylation is 1. The topological polar surface area (TPSA) is 71.1 Å². The predicted octanol–water partition coefficient (Wildman–Crippen LogP) is 1.92. The van der Waals surface area contributed by atoms with Gasteiger partial charge in [-0.2, -0.15) is 12.6 Å². The normalized spacial score (nSPS) is 12.0. The SMILES string of the molecule is CC(=O)NC(CS)C(=O)Nc1cccc2ccc(C)nc12. The largest absolute Gasteiger partial charge is 0.344 e. The summed E-state index contributed by atoms with van der Waals surface area (Å²) in [5.41, 5.74) is 2.22. The van der Waals surface area contributed by atoms with Gasteiger partial charge in [-0.25, -0.2) is 0 Å². The Kier molecular flexibility index (Phi) is 4.80. The van der Waals surface area contributed by atoms with E-state index in [4.69, 9.17) is 0 Å². The molecule has 6 heteroatoms. The summed E-state index contributed by atoms with van der Waals surface area (Å²) in [7, 11) is 0. The van der Waals surface area contributed by atoms with Crippen LogP contribution in [0.2, 0.25) is 0 Å². The molecule has 2 amide bonds. The lowest BCUT2D eigenvalue weighted by Gasteiger charge is -2.16. The highest BCUT2D eigenvalue weighted by atomic mass is 32.1. The number of hydrogen-bond donors (Lipinski definition) is 3. The van der Waals surface area contributed by atoms with Gasteiger partial charge in [0.1, 0.15) is 6.04 Å². The third-order valence-corrected chi connectivity index (χ3v) is 3.36. The summed E-state index contributed by atoms with van der Waals surface area (Å²) in [6.07, 6.45) is 0. The van der Waals surface area contributed by atoms with E-state index in [-0.39, 0.29) is 17.6 Å². The number of para-hydroxylation sites is 1. The molecular formula is C15H17N3O2S. The maximum Gasteiger partial charge on any atom is 0.247 e. The van der Waals surface area contributed by atoms with Crippen LogP contribution in [0.4, 0.5) is 5.69 Å². The molecule has 1 aromatic heterocycles. The minimum atomic E-state index is -0.675. The van der Waals surface area contributed by atoms with Gasteiger partial charge in [-0.15, -0.1) is 0 Å². The van der Waals surface area contributed by atoms with Gasteiger partial charge < -0.3 is 10.6 Å². The molecule has 0 saturated heterocycles. The van der Waals surface area contributed by atoms with Crippen LogP contribution in [-0.4, -0.2) is 28.6 Å². The number of carbonyl (C=O) groups is 2. The van der Waals surface area contributed by atoms with E-state index in [1.54, 1.807) is 6.07 Å². The molecule has 0 radical (unpaired) electrons. The first-order chi connectivity index (χ1) is 10.0. The fourth-order valence-corrected chi connectivity index (χ4v) is 2.26. The standard InChI is InChI=1S/C15H17N3O2S/c1-9-6-7-11-4-3-5-12(14(11)16-9)18-15(20)13(8-21)17-10(2)19/h3-7,13,21H,8H2,1-2H3,(H,17,19)(H,18,20). The molecule has 2 rings (SSSR count). The van der Waals surface area contributed by atoms with Gasteiger partial charge in [-0.3, -0.25) is 14.6 Å². The number of amides is 2. The molecule has 0 fully saturated rings. The number of nitrogens with one attached hydrogen (secondary N) is 2. The number of thiol groups is 1. The Labute approximate surface area is 128 Å². The molecule has 1 atom stereocenters. The quantitative estimate of drug-likeness (QED) is 0.756. The molecule has 0 spiro atoms. The number of fused-ring (bicyclic) bond motifs is 1. The van der Waals surface area contributed by atoms with Crippen LogP contribution in [0.25, 0.3) is 10.9 Å². The third kappa shape index (κ3) is 3.72. The molecular weight excluding hydrogens is 286 g/mol. The Bertz CT molecular complexity index is 688. The van der Waals surface area contributed by atoms with Crippen LogP contribution in [0.5, 0.6) is 0 Å². The lowest BCUT2D eigenvalue weighted by molar-refractivity contribution is -0.124. The monoisotopic (exact) mass is 303 g/mol. The number of hydrogen-bond acceptors (Lipinski definition) is 4. The molecule has 0 aliphatic rings. The molecule has 5 nitrogen and oxygen atoms in total. The van der Waals surface area contributed by atoms with E-state index in [2.05, 4.69) is 28.2 Å². The molecule has 2 N–H and O–H groups in total. The number of rotatable bonds is 4. The Hall–Kier alpha value is -2.08. The lowest BCUT2D eigenvalue weighted by atomic mass is 10.1. The first-order valence-electron chi connectivity index (χ1n) is 6.56. The van der Waals surface area contributed by atoms with Crippen molar-refractivity contribution in [3.8, 4) is 0 Å². The average Bonchev–Trinajstić information content (AvgIpc) is 2.45. The molecule has 0 aliphatic carbocycles. The maximum atomic E-state index is 12.2. The predicted molar refractivity (Wildman–Crippen MR) is 86.6 cm³/mol. The van der Waals surface area contributed by atoms with Crippen molar-refractivity contribution in [2.75, 3.05) is 11.1 Å². The van der Waals surface area contributed by atoms with Gasteiger partial charge in [0.2, 0.25) is 11.8 Å². The van der Waals surface area contributed by atoms with Crippen LogP contribution in [0.1, 0.15) is 12.6 Å². The second-order valence-electron chi connectivity index (χ2n) is 4.75. The average molecular weight is 303 g/mol. The highest BCUT2D eigenvalue weighted by Crippen LogP contribution is 2.21. The number of pyridine rings is 1. The van der Waals surface area contributed by atoms with E-state index >= 15 is 0 Å². The molecule has 0 aliphatic heterocycles. The van der Waals surface area contributed by atoms with E-state index in [1.165, 1.54) is 6.92 Å². The van der Waals surface area contributed by atoms with Crippen LogP contribution in [0, 0.1) is 6.92 Å². The highest BCUT2D eigenvalue weighted by Gasteiger charge is 2.18. The fourth-order valence-electron chi connectivity index (χ4n) is 2.00. The Morgan fingerprint density at radius 3 is 2.71 bits per heavy atom. The van der Waals surface area contributed by atoms with Crippen LogP contribution in [0.3, 0.4) is 0 Å². The fraction of sp³-hybridized carbons (Fsp3) is 0.267. The number of benzene rings is 1. The summed E-state index contributed by atoms with van der Waals surface area (Å²) in [6.45, 7) is 3.26. The summed E-state index contributed by atoms with van der Waals surface area (Å²) in [5, 5.41) is 6.31. The minimum absolute atomic E-state index is 0.225. The van der Waals surface area contributed by atoms with Crippen molar-refractivity contribution in [2.24, 2.45) is 0 Å².